The van der Waals surface area contributed by atoms with Gasteiger partial charge in [-0.25, -0.2) is 4.98 Å². The molecule has 0 saturated carbocycles. The Labute approximate surface area is 224 Å². The highest BCUT2D eigenvalue weighted by molar-refractivity contribution is 9.13. The lowest BCUT2D eigenvalue weighted by molar-refractivity contribution is 0.353. The second kappa shape index (κ2) is 9.60. The molecule has 0 aliphatic carbocycles. The van der Waals surface area contributed by atoms with E-state index in [1.54, 1.807) is 44.7 Å². The zero-order valence-corrected chi connectivity index (χ0v) is 23.1. The van der Waals surface area contributed by atoms with Gasteiger partial charge in [0.05, 0.1) is 35.8 Å². The Kier molecular flexibility index (Phi) is 6.52. The fourth-order valence-corrected chi connectivity index (χ4v) is 5.04. The number of nitrogens with zero attached hydrogens (tertiary/aromatic N) is 3. The maximum absolute atomic E-state index is 13.5. The standard InChI is InChI=1S/C25H16Br3N3O4/c1-33-19-11-14(21(27)22(28)23(19)34-2)12-29-31-24(30-17-6-4-3-5-16(17)25(31)32)20-10-13-9-15(26)7-8-18(13)35-20/h3-12H,1-2H3. The highest BCUT2D eigenvalue weighted by Gasteiger charge is 2.18. The van der Waals surface area contributed by atoms with Crippen LogP contribution >= 0.6 is 47.8 Å². The third-order valence-corrected chi connectivity index (χ3v) is 7.98. The monoisotopic (exact) mass is 659 g/mol. The molecule has 5 aromatic rings. The zero-order valence-electron chi connectivity index (χ0n) is 18.4. The van der Waals surface area contributed by atoms with Gasteiger partial charge < -0.3 is 13.9 Å². The Morgan fingerprint density at radius 1 is 1.00 bits per heavy atom. The number of furan rings is 1. The van der Waals surface area contributed by atoms with Gasteiger partial charge in [-0.2, -0.15) is 9.78 Å². The van der Waals surface area contributed by atoms with E-state index in [0.29, 0.717) is 48.3 Å². The molecule has 3 aromatic carbocycles. The summed E-state index contributed by atoms with van der Waals surface area (Å²) in [6, 6.07) is 16.4. The van der Waals surface area contributed by atoms with Crippen molar-refractivity contribution in [1.82, 2.24) is 9.66 Å². The molecule has 0 amide bonds. The average Bonchev–Trinajstić information content (AvgIpc) is 3.28. The smallest absolute Gasteiger partial charge is 0.282 e. The van der Waals surface area contributed by atoms with E-state index in [-0.39, 0.29) is 11.4 Å². The van der Waals surface area contributed by atoms with Crippen molar-refractivity contribution in [3.8, 4) is 23.1 Å². The normalized spacial score (nSPS) is 11.6. The van der Waals surface area contributed by atoms with Crippen LogP contribution in [-0.2, 0) is 0 Å². The van der Waals surface area contributed by atoms with Crippen LogP contribution in [0.2, 0.25) is 0 Å². The predicted molar refractivity (Wildman–Crippen MR) is 147 cm³/mol. The summed E-state index contributed by atoms with van der Waals surface area (Å²) in [5.74, 6) is 1.75. The highest BCUT2D eigenvalue weighted by atomic mass is 79.9. The first-order chi connectivity index (χ1) is 16.9. The predicted octanol–water partition coefficient (Wildman–Crippen LogP) is 7.00. The Morgan fingerprint density at radius 3 is 2.57 bits per heavy atom. The molecule has 0 unspecified atom stereocenters. The molecular formula is C25H16Br3N3O4. The third-order valence-electron chi connectivity index (χ3n) is 5.34. The molecule has 0 atom stereocenters. The second-order valence-electron chi connectivity index (χ2n) is 7.44. The van der Waals surface area contributed by atoms with Gasteiger partial charge in [-0.3, -0.25) is 4.79 Å². The van der Waals surface area contributed by atoms with Gasteiger partial charge in [-0.15, -0.1) is 0 Å². The summed E-state index contributed by atoms with van der Waals surface area (Å²) in [6.45, 7) is 0. The summed E-state index contributed by atoms with van der Waals surface area (Å²) >= 11 is 10.6. The van der Waals surface area contributed by atoms with E-state index in [4.69, 9.17) is 18.9 Å². The van der Waals surface area contributed by atoms with Gasteiger partial charge in [0, 0.05) is 19.9 Å². The van der Waals surface area contributed by atoms with Gasteiger partial charge in [0.1, 0.15) is 5.58 Å². The molecule has 0 saturated heterocycles. The van der Waals surface area contributed by atoms with E-state index in [0.717, 1.165) is 9.86 Å². The number of para-hydroxylation sites is 1. The van der Waals surface area contributed by atoms with Crippen LogP contribution in [0.4, 0.5) is 0 Å². The summed E-state index contributed by atoms with van der Waals surface area (Å²) in [5, 5.41) is 5.84. The highest BCUT2D eigenvalue weighted by Crippen LogP contribution is 2.42. The molecule has 5 rings (SSSR count). The van der Waals surface area contributed by atoms with Crippen LogP contribution in [0.3, 0.4) is 0 Å². The van der Waals surface area contributed by atoms with Crippen molar-refractivity contribution in [2.24, 2.45) is 5.10 Å². The van der Waals surface area contributed by atoms with Crippen molar-refractivity contribution in [2.45, 2.75) is 0 Å². The van der Waals surface area contributed by atoms with Crippen molar-refractivity contribution >= 4 is 75.9 Å². The molecule has 10 heteroatoms. The molecule has 7 nitrogen and oxygen atoms in total. The quantitative estimate of drug-likeness (QED) is 0.190. The first-order valence-corrected chi connectivity index (χ1v) is 12.6. The number of hydrogen-bond donors (Lipinski definition) is 0. The van der Waals surface area contributed by atoms with Gasteiger partial charge in [0.25, 0.3) is 5.56 Å². The third kappa shape index (κ3) is 4.30. The van der Waals surface area contributed by atoms with Gasteiger partial charge in [-0.05, 0) is 74.3 Å². The lowest BCUT2D eigenvalue weighted by Crippen LogP contribution is -2.20. The fraction of sp³-hybridized carbons (Fsp3) is 0.0800. The van der Waals surface area contributed by atoms with Crippen LogP contribution in [0.25, 0.3) is 33.5 Å². The fourth-order valence-electron chi connectivity index (χ4n) is 3.68. The lowest BCUT2D eigenvalue weighted by Gasteiger charge is -2.13. The summed E-state index contributed by atoms with van der Waals surface area (Å²) < 4.78 is 20.4. The number of fused-ring (bicyclic) bond motifs is 2. The van der Waals surface area contributed by atoms with Crippen LogP contribution in [0.15, 0.2) is 82.3 Å². The van der Waals surface area contributed by atoms with Crippen molar-refractivity contribution in [2.75, 3.05) is 14.2 Å². The van der Waals surface area contributed by atoms with E-state index in [9.17, 15) is 4.79 Å². The van der Waals surface area contributed by atoms with Crippen molar-refractivity contribution in [3.63, 3.8) is 0 Å². The zero-order chi connectivity index (χ0) is 24.7. The molecule has 0 aliphatic rings. The number of ether oxygens (including phenoxy) is 2. The Balaban J connectivity index is 1.73. The van der Waals surface area contributed by atoms with E-state index < -0.39 is 0 Å². The minimum atomic E-state index is -0.320. The molecule has 0 bridgehead atoms. The summed E-state index contributed by atoms with van der Waals surface area (Å²) in [5.41, 5.74) is 1.57. The van der Waals surface area contributed by atoms with Crippen LogP contribution < -0.4 is 15.0 Å². The number of methoxy groups -OCH3 is 2. The van der Waals surface area contributed by atoms with Gasteiger partial charge >= 0.3 is 0 Å². The summed E-state index contributed by atoms with van der Waals surface area (Å²) in [7, 11) is 3.11. The molecule has 2 heterocycles. The maximum atomic E-state index is 13.5. The minimum absolute atomic E-state index is 0.285. The summed E-state index contributed by atoms with van der Waals surface area (Å²) in [6.07, 6.45) is 1.55. The van der Waals surface area contributed by atoms with E-state index >= 15 is 0 Å². The molecule has 0 radical (unpaired) electrons. The van der Waals surface area contributed by atoms with Crippen molar-refractivity contribution < 1.29 is 13.9 Å². The first kappa shape index (κ1) is 23.8. The average molecular weight is 662 g/mol. The van der Waals surface area contributed by atoms with Crippen LogP contribution in [0.1, 0.15) is 5.56 Å². The van der Waals surface area contributed by atoms with E-state index in [2.05, 4.69) is 52.9 Å². The summed E-state index contributed by atoms with van der Waals surface area (Å²) in [4.78, 5) is 18.2. The molecular weight excluding hydrogens is 646 g/mol. The van der Waals surface area contributed by atoms with Crippen LogP contribution in [0, 0.1) is 0 Å². The number of halogens is 3. The number of rotatable bonds is 5. The largest absolute Gasteiger partial charge is 0.493 e. The van der Waals surface area contributed by atoms with E-state index in [1.807, 2.05) is 30.3 Å². The Hall–Kier alpha value is -2.95. The van der Waals surface area contributed by atoms with Gasteiger partial charge in [0.15, 0.2) is 17.3 Å². The van der Waals surface area contributed by atoms with Gasteiger partial charge in [-0.1, -0.05) is 28.1 Å². The lowest BCUT2D eigenvalue weighted by atomic mass is 10.2. The van der Waals surface area contributed by atoms with Crippen molar-refractivity contribution in [1.29, 1.82) is 0 Å². The maximum Gasteiger partial charge on any atom is 0.282 e. The topological polar surface area (TPSA) is 78.9 Å². The van der Waals surface area contributed by atoms with Crippen LogP contribution in [0.5, 0.6) is 11.5 Å². The van der Waals surface area contributed by atoms with Crippen LogP contribution in [-0.4, -0.2) is 30.1 Å². The number of hydrogen-bond acceptors (Lipinski definition) is 6. The van der Waals surface area contributed by atoms with E-state index in [1.165, 1.54) is 4.68 Å². The Morgan fingerprint density at radius 2 is 1.80 bits per heavy atom. The van der Waals surface area contributed by atoms with Gasteiger partial charge in [0.2, 0.25) is 5.82 Å². The molecule has 35 heavy (non-hydrogen) atoms. The SMILES string of the molecule is COc1cc(C=Nn2c(-c3cc4cc(Br)ccc4o3)nc3ccccc3c2=O)c(Br)c(Br)c1OC. The Bertz CT molecular complexity index is 1690. The molecule has 0 N–H and O–H groups in total. The minimum Gasteiger partial charge on any atom is -0.493 e. The second-order valence-corrected chi connectivity index (χ2v) is 9.94. The molecule has 0 spiro atoms. The molecule has 0 fully saturated rings. The number of aromatic nitrogens is 2. The molecule has 0 aliphatic heterocycles. The first-order valence-electron chi connectivity index (χ1n) is 10.3. The van der Waals surface area contributed by atoms with Crippen molar-refractivity contribution in [3.05, 3.63) is 83.9 Å². The molecule has 176 valence electrons. The number of benzene rings is 3. The molecule has 2 aromatic heterocycles.